The van der Waals surface area contributed by atoms with E-state index in [2.05, 4.69) is 0 Å². The Bertz CT molecular complexity index is 314. The summed E-state index contributed by atoms with van der Waals surface area (Å²) >= 11 is 0. The Balaban J connectivity index is 4.87. The minimum atomic E-state index is -0.823. The topological polar surface area (TPSA) is 80.3 Å². The third-order valence-corrected chi connectivity index (χ3v) is 2.34. The average Bonchev–Trinajstić information content (AvgIpc) is 2.42. The monoisotopic (exact) mass is 280 g/mol. The van der Waals surface area contributed by atoms with Gasteiger partial charge < -0.3 is 23.7 Å². The summed E-state index contributed by atoms with van der Waals surface area (Å²) in [6.07, 6.45) is -2.35. The summed E-state index contributed by atoms with van der Waals surface area (Å²) < 4.78 is 39.6. The van der Waals surface area contributed by atoms with Crippen molar-refractivity contribution in [2.45, 2.75) is 32.2 Å². The lowest BCUT2D eigenvalue weighted by atomic mass is 10.1. The van der Waals surface area contributed by atoms with E-state index in [-0.39, 0.29) is 27.4 Å². The van der Waals surface area contributed by atoms with Gasteiger partial charge in [-0.2, -0.15) is 0 Å². The van der Waals surface area contributed by atoms with Crippen LogP contribution in [0.1, 0.15) is 16.6 Å². The summed E-state index contributed by atoms with van der Waals surface area (Å²) in [5, 5.41) is 0. The Morgan fingerprint density at radius 2 is 1.42 bits per heavy atom. The molecule has 7 heteroatoms. The highest BCUT2D eigenvalue weighted by Gasteiger charge is 2.31. The lowest BCUT2D eigenvalue weighted by Gasteiger charge is -2.30. The van der Waals surface area contributed by atoms with Gasteiger partial charge in [-0.25, -0.2) is 0 Å². The van der Waals surface area contributed by atoms with Gasteiger partial charge in [0.25, 0.3) is 0 Å². The van der Waals surface area contributed by atoms with E-state index in [4.69, 9.17) is 26.4 Å². The summed E-state index contributed by atoms with van der Waals surface area (Å²) in [5.41, 5.74) is 0. The standard InChI is InChI=1S/C12H22O7/c1-8(13)18-6-10(15-3)12(17-5)11(16-4)7-19-9(2)14/h10-12H,6-7H2,1-5H3/t10-,11+,12+/i3D,5D/m1/s1. The molecule has 0 aliphatic carbocycles. The molecule has 0 aromatic rings. The smallest absolute Gasteiger partial charge is 0.302 e. The lowest BCUT2D eigenvalue weighted by molar-refractivity contribution is -0.164. The Labute approximate surface area is 115 Å². The average molecular weight is 280 g/mol. The molecule has 0 radical (unpaired) electrons. The fraction of sp³-hybridized carbons (Fsp3) is 0.833. The van der Waals surface area contributed by atoms with Gasteiger partial charge in [0.1, 0.15) is 31.5 Å². The second-order valence-corrected chi connectivity index (χ2v) is 3.72. The van der Waals surface area contributed by atoms with Crippen molar-refractivity contribution in [2.75, 3.05) is 34.5 Å². The summed E-state index contributed by atoms with van der Waals surface area (Å²) in [7, 11) is 0.619. The maximum Gasteiger partial charge on any atom is 0.302 e. The number of ether oxygens (including phenoxy) is 5. The van der Waals surface area contributed by atoms with Gasteiger partial charge in [-0.1, -0.05) is 0 Å². The molecule has 0 N–H and O–H groups in total. The normalized spacial score (nSPS) is 16.8. The quantitative estimate of drug-likeness (QED) is 0.556. The van der Waals surface area contributed by atoms with Crippen LogP contribution in [0.15, 0.2) is 0 Å². The van der Waals surface area contributed by atoms with Gasteiger partial charge >= 0.3 is 11.9 Å². The van der Waals surface area contributed by atoms with Crippen molar-refractivity contribution in [1.82, 2.24) is 0 Å². The van der Waals surface area contributed by atoms with Gasteiger partial charge in [-0.05, 0) is 0 Å². The van der Waals surface area contributed by atoms with E-state index < -0.39 is 30.3 Å². The van der Waals surface area contributed by atoms with Crippen LogP contribution in [0.25, 0.3) is 0 Å². The molecule has 0 fully saturated rings. The third-order valence-electron chi connectivity index (χ3n) is 2.34. The second-order valence-electron chi connectivity index (χ2n) is 3.72. The van der Waals surface area contributed by atoms with Crippen molar-refractivity contribution >= 4 is 11.9 Å². The van der Waals surface area contributed by atoms with Crippen molar-refractivity contribution in [3.8, 4) is 0 Å². The first kappa shape index (κ1) is 14.2. The number of esters is 2. The van der Waals surface area contributed by atoms with Gasteiger partial charge in [-0.15, -0.1) is 0 Å². The molecule has 0 saturated carbocycles. The highest BCUT2D eigenvalue weighted by Crippen LogP contribution is 2.12. The molecule has 0 saturated heterocycles. The lowest BCUT2D eigenvalue weighted by Crippen LogP contribution is -2.46. The van der Waals surface area contributed by atoms with Crippen LogP contribution in [0.2, 0.25) is 0 Å². The molecule has 0 unspecified atom stereocenters. The highest BCUT2D eigenvalue weighted by molar-refractivity contribution is 5.66. The molecule has 0 spiro atoms. The van der Waals surface area contributed by atoms with Crippen molar-refractivity contribution in [2.24, 2.45) is 0 Å². The zero-order valence-corrected chi connectivity index (χ0v) is 11.4. The van der Waals surface area contributed by atoms with Crippen LogP contribution in [-0.4, -0.2) is 64.7 Å². The molecular formula is C12H22O7. The molecule has 0 aliphatic rings. The van der Waals surface area contributed by atoms with Gasteiger partial charge in [0.15, 0.2) is 0 Å². The number of carbonyl (C=O) groups excluding carboxylic acids is 2. The predicted octanol–water partition coefficient (Wildman–Crippen LogP) is 0.158. The van der Waals surface area contributed by atoms with Crippen molar-refractivity contribution in [1.29, 1.82) is 0 Å². The fourth-order valence-electron chi connectivity index (χ4n) is 1.39. The fourth-order valence-corrected chi connectivity index (χ4v) is 1.39. The summed E-state index contributed by atoms with van der Waals surface area (Å²) in [6, 6.07) is 0. The molecule has 0 rings (SSSR count). The van der Waals surface area contributed by atoms with E-state index in [0.717, 1.165) is 0 Å². The van der Waals surface area contributed by atoms with Crippen LogP contribution < -0.4 is 0 Å². The molecule has 0 aromatic heterocycles. The zero-order chi connectivity index (χ0) is 16.3. The van der Waals surface area contributed by atoms with Gasteiger partial charge in [0.2, 0.25) is 0 Å². The number of methoxy groups -OCH3 is 3. The highest BCUT2D eigenvalue weighted by atomic mass is 16.6. The third kappa shape index (κ3) is 7.09. The maximum absolute atomic E-state index is 10.9. The molecule has 0 aromatic carbocycles. The van der Waals surface area contributed by atoms with Gasteiger partial charge in [0.05, 0.1) is 2.74 Å². The molecule has 112 valence electrons. The molecule has 7 nitrogen and oxygen atoms in total. The first-order valence-corrected chi connectivity index (χ1v) is 5.57. The molecule has 19 heavy (non-hydrogen) atoms. The van der Waals surface area contributed by atoms with Crippen LogP contribution in [0, 0.1) is 0 Å². The molecular weight excluding hydrogens is 256 g/mol. The molecule has 0 amide bonds. The second kappa shape index (κ2) is 9.71. The van der Waals surface area contributed by atoms with E-state index in [1.807, 2.05) is 0 Å². The molecule has 3 atom stereocenters. The maximum atomic E-state index is 10.9. The van der Waals surface area contributed by atoms with E-state index in [0.29, 0.717) is 0 Å². The number of rotatable bonds is 9. The van der Waals surface area contributed by atoms with Crippen LogP contribution >= 0.6 is 0 Å². The molecule has 0 heterocycles. The first-order valence-electron chi connectivity index (χ1n) is 6.98. The van der Waals surface area contributed by atoms with E-state index in [1.54, 1.807) is 0 Å². The SMILES string of the molecule is [2H]CO[C@H]([C@H](COC(C)=O)OC)[C@@H](COC(C)=O)OC[2H]. The summed E-state index contributed by atoms with van der Waals surface area (Å²) in [4.78, 5) is 21.8. The van der Waals surface area contributed by atoms with Gasteiger partial charge in [-0.3, -0.25) is 9.59 Å². The Hall–Kier alpha value is -1.18. The Morgan fingerprint density at radius 1 is 0.947 bits per heavy atom. The number of hydrogen-bond acceptors (Lipinski definition) is 7. The van der Waals surface area contributed by atoms with Crippen molar-refractivity contribution < 1.29 is 36.0 Å². The Kier molecular flexibility index (Phi) is 7.28. The van der Waals surface area contributed by atoms with Crippen molar-refractivity contribution in [3.05, 3.63) is 0 Å². The Morgan fingerprint density at radius 3 is 1.79 bits per heavy atom. The van der Waals surface area contributed by atoms with Crippen LogP contribution in [-0.2, 0) is 33.3 Å². The molecule has 0 aliphatic heterocycles. The zero-order valence-electron chi connectivity index (χ0n) is 13.4. The van der Waals surface area contributed by atoms with E-state index in [9.17, 15) is 9.59 Å². The minimum Gasteiger partial charge on any atom is -0.463 e. The van der Waals surface area contributed by atoms with Crippen LogP contribution in [0.5, 0.6) is 0 Å². The van der Waals surface area contributed by atoms with Crippen LogP contribution in [0.3, 0.4) is 0 Å². The first-order chi connectivity index (χ1) is 9.96. The largest absolute Gasteiger partial charge is 0.463 e. The van der Waals surface area contributed by atoms with E-state index >= 15 is 0 Å². The number of carbonyl (C=O) groups is 2. The van der Waals surface area contributed by atoms with Crippen molar-refractivity contribution in [3.63, 3.8) is 0 Å². The van der Waals surface area contributed by atoms with Crippen LogP contribution in [0.4, 0.5) is 0 Å². The summed E-state index contributed by atoms with van der Waals surface area (Å²) in [6.45, 7) is 2.24. The van der Waals surface area contributed by atoms with E-state index in [1.165, 1.54) is 21.0 Å². The predicted molar refractivity (Wildman–Crippen MR) is 65.7 cm³/mol. The van der Waals surface area contributed by atoms with Gasteiger partial charge in [0, 0.05) is 35.1 Å². The molecule has 0 bridgehead atoms. The minimum absolute atomic E-state index is 0.103. The number of hydrogen-bond donors (Lipinski definition) is 0. The summed E-state index contributed by atoms with van der Waals surface area (Å²) in [5.74, 6) is -0.994.